The fraction of sp³-hybridized carbons (Fsp3) is 0.533. The van der Waals surface area contributed by atoms with Crippen LogP contribution in [-0.2, 0) is 4.79 Å². The van der Waals surface area contributed by atoms with Gasteiger partial charge < -0.3 is 11.1 Å². The first-order valence-corrected chi connectivity index (χ1v) is 7.10. The van der Waals surface area contributed by atoms with Gasteiger partial charge in [-0.25, -0.2) is 13.2 Å². The molecule has 1 saturated carbocycles. The lowest BCUT2D eigenvalue weighted by atomic mass is 9.71. The molecule has 0 heterocycles. The molecule has 2 rings (SSSR count). The van der Waals surface area contributed by atoms with Crippen LogP contribution < -0.4 is 11.1 Å². The minimum absolute atomic E-state index is 0.0839. The first kappa shape index (κ1) is 15.8. The van der Waals surface area contributed by atoms with Gasteiger partial charge in [0.25, 0.3) is 0 Å². The Labute approximate surface area is 121 Å². The summed E-state index contributed by atoms with van der Waals surface area (Å²) in [4.78, 5) is 12.0. The van der Waals surface area contributed by atoms with Gasteiger partial charge in [0.2, 0.25) is 5.91 Å². The van der Waals surface area contributed by atoms with Crippen LogP contribution in [0.3, 0.4) is 0 Å². The fourth-order valence-electron chi connectivity index (χ4n) is 2.93. The smallest absolute Gasteiger partial charge is 0.224 e. The molecule has 21 heavy (non-hydrogen) atoms. The van der Waals surface area contributed by atoms with E-state index in [1.807, 2.05) is 0 Å². The van der Waals surface area contributed by atoms with Crippen molar-refractivity contribution < 1.29 is 18.0 Å². The molecule has 0 atom stereocenters. The molecule has 1 aliphatic carbocycles. The number of benzene rings is 1. The summed E-state index contributed by atoms with van der Waals surface area (Å²) in [5, 5.41) is 2.42. The molecule has 0 aliphatic heterocycles. The molecule has 6 heteroatoms. The summed E-state index contributed by atoms with van der Waals surface area (Å²) in [6.45, 7) is 0.409. The van der Waals surface area contributed by atoms with Crippen LogP contribution in [0.25, 0.3) is 0 Å². The fourth-order valence-corrected chi connectivity index (χ4v) is 2.93. The van der Waals surface area contributed by atoms with Crippen LogP contribution in [0.1, 0.15) is 38.5 Å². The van der Waals surface area contributed by atoms with E-state index in [0.717, 1.165) is 44.2 Å². The maximum Gasteiger partial charge on any atom is 0.224 e. The topological polar surface area (TPSA) is 55.1 Å². The number of halogens is 3. The maximum absolute atomic E-state index is 13.1. The second-order valence-corrected chi connectivity index (χ2v) is 5.74. The Balaban J connectivity index is 2.04. The van der Waals surface area contributed by atoms with Crippen molar-refractivity contribution in [2.45, 2.75) is 38.5 Å². The Morgan fingerprint density at radius 2 is 1.71 bits per heavy atom. The van der Waals surface area contributed by atoms with Gasteiger partial charge in [-0.15, -0.1) is 0 Å². The van der Waals surface area contributed by atoms with E-state index in [0.29, 0.717) is 6.54 Å². The molecule has 1 fully saturated rings. The highest BCUT2D eigenvalue weighted by atomic mass is 19.2. The van der Waals surface area contributed by atoms with Crippen LogP contribution in [0.4, 0.5) is 18.9 Å². The SMILES string of the molecule is NCC1(CC(=O)Nc2cc(F)c(F)c(F)c2)CCCCC1. The van der Waals surface area contributed by atoms with E-state index in [2.05, 4.69) is 5.32 Å². The van der Waals surface area contributed by atoms with Crippen molar-refractivity contribution in [1.29, 1.82) is 0 Å². The number of carbonyl (C=O) groups excluding carboxylic acids is 1. The van der Waals surface area contributed by atoms with E-state index in [1.165, 1.54) is 0 Å². The van der Waals surface area contributed by atoms with Gasteiger partial charge in [0, 0.05) is 24.2 Å². The second-order valence-electron chi connectivity index (χ2n) is 5.74. The largest absolute Gasteiger partial charge is 0.330 e. The minimum Gasteiger partial charge on any atom is -0.330 e. The van der Waals surface area contributed by atoms with E-state index in [1.54, 1.807) is 0 Å². The monoisotopic (exact) mass is 300 g/mol. The number of rotatable bonds is 4. The number of hydrogen-bond acceptors (Lipinski definition) is 2. The molecule has 1 aromatic rings. The van der Waals surface area contributed by atoms with Crippen LogP contribution in [0.15, 0.2) is 12.1 Å². The molecule has 0 spiro atoms. The van der Waals surface area contributed by atoms with E-state index >= 15 is 0 Å². The lowest BCUT2D eigenvalue weighted by Crippen LogP contribution is -2.36. The van der Waals surface area contributed by atoms with Crippen LogP contribution >= 0.6 is 0 Å². The second kappa shape index (κ2) is 6.47. The third kappa shape index (κ3) is 3.75. The minimum atomic E-state index is -1.54. The number of amides is 1. The van der Waals surface area contributed by atoms with Gasteiger partial charge in [0.1, 0.15) is 0 Å². The predicted octanol–water partition coefficient (Wildman–Crippen LogP) is 3.34. The van der Waals surface area contributed by atoms with E-state index < -0.39 is 17.5 Å². The third-order valence-corrected chi connectivity index (χ3v) is 4.15. The van der Waals surface area contributed by atoms with Crippen molar-refractivity contribution in [3.8, 4) is 0 Å². The van der Waals surface area contributed by atoms with E-state index in [9.17, 15) is 18.0 Å². The van der Waals surface area contributed by atoms with E-state index in [4.69, 9.17) is 5.73 Å². The van der Waals surface area contributed by atoms with Gasteiger partial charge in [0.05, 0.1) is 0 Å². The van der Waals surface area contributed by atoms with Crippen molar-refractivity contribution in [2.75, 3.05) is 11.9 Å². The van der Waals surface area contributed by atoms with Gasteiger partial charge in [0.15, 0.2) is 17.5 Å². The summed E-state index contributed by atoms with van der Waals surface area (Å²) in [5.41, 5.74) is 5.48. The average molecular weight is 300 g/mol. The molecular weight excluding hydrogens is 281 g/mol. The first-order valence-electron chi connectivity index (χ1n) is 7.10. The number of hydrogen-bond donors (Lipinski definition) is 2. The quantitative estimate of drug-likeness (QED) is 0.838. The number of nitrogens with two attached hydrogens (primary N) is 1. The van der Waals surface area contributed by atoms with Crippen molar-refractivity contribution >= 4 is 11.6 Å². The van der Waals surface area contributed by atoms with Gasteiger partial charge in [-0.3, -0.25) is 4.79 Å². The molecule has 116 valence electrons. The summed E-state index contributed by atoms with van der Waals surface area (Å²) in [6.07, 6.45) is 5.17. The summed E-state index contributed by atoms with van der Waals surface area (Å²) in [7, 11) is 0. The molecule has 0 radical (unpaired) electrons. The van der Waals surface area contributed by atoms with Gasteiger partial charge >= 0.3 is 0 Å². The standard InChI is InChI=1S/C15H19F3N2O/c16-11-6-10(7-12(17)14(11)18)20-13(21)8-15(9-19)4-2-1-3-5-15/h6-7H,1-5,8-9,19H2,(H,20,21). The molecule has 1 amide bonds. The van der Waals surface area contributed by atoms with Crippen LogP contribution in [0.2, 0.25) is 0 Å². The first-order chi connectivity index (χ1) is 9.96. The Bertz CT molecular complexity index is 505. The average Bonchev–Trinajstić information content (AvgIpc) is 2.45. The summed E-state index contributed by atoms with van der Waals surface area (Å²) in [6, 6.07) is 1.54. The van der Waals surface area contributed by atoms with Gasteiger partial charge in [-0.05, 0) is 24.8 Å². The zero-order valence-electron chi connectivity index (χ0n) is 11.7. The van der Waals surface area contributed by atoms with Crippen molar-refractivity contribution in [3.05, 3.63) is 29.6 Å². The predicted molar refractivity (Wildman–Crippen MR) is 74.1 cm³/mol. The lowest BCUT2D eigenvalue weighted by Gasteiger charge is -2.35. The maximum atomic E-state index is 13.1. The highest BCUT2D eigenvalue weighted by Crippen LogP contribution is 2.38. The number of anilines is 1. The van der Waals surface area contributed by atoms with Crippen molar-refractivity contribution in [2.24, 2.45) is 11.1 Å². The Hall–Kier alpha value is -1.56. The molecule has 3 N–H and O–H groups in total. The lowest BCUT2D eigenvalue weighted by molar-refractivity contribution is -0.118. The molecule has 0 aromatic heterocycles. The molecular formula is C15H19F3N2O. The van der Waals surface area contributed by atoms with Crippen LogP contribution in [0, 0.1) is 22.9 Å². The Morgan fingerprint density at radius 3 is 2.24 bits per heavy atom. The Kier molecular flexibility index (Phi) is 4.88. The van der Waals surface area contributed by atoms with Crippen molar-refractivity contribution in [3.63, 3.8) is 0 Å². The highest BCUT2D eigenvalue weighted by molar-refractivity contribution is 5.91. The zero-order chi connectivity index (χ0) is 15.5. The molecule has 0 saturated heterocycles. The van der Waals surface area contributed by atoms with Gasteiger partial charge in [-0.1, -0.05) is 19.3 Å². The molecule has 0 unspecified atom stereocenters. The molecule has 1 aliphatic rings. The summed E-state index contributed by atoms with van der Waals surface area (Å²) in [5.74, 6) is -4.54. The Morgan fingerprint density at radius 1 is 1.14 bits per heavy atom. The molecule has 0 bridgehead atoms. The number of carbonyl (C=O) groups is 1. The van der Waals surface area contributed by atoms with Crippen molar-refractivity contribution in [1.82, 2.24) is 0 Å². The van der Waals surface area contributed by atoms with E-state index in [-0.39, 0.29) is 23.4 Å². The highest BCUT2D eigenvalue weighted by Gasteiger charge is 2.33. The molecule has 3 nitrogen and oxygen atoms in total. The van der Waals surface area contributed by atoms with Crippen LogP contribution in [0.5, 0.6) is 0 Å². The number of nitrogens with one attached hydrogen (secondary N) is 1. The normalized spacial score (nSPS) is 17.5. The molecule has 1 aromatic carbocycles. The zero-order valence-corrected chi connectivity index (χ0v) is 11.7. The summed E-state index contributed by atoms with van der Waals surface area (Å²) < 4.78 is 39.1. The third-order valence-electron chi connectivity index (χ3n) is 4.15. The van der Waals surface area contributed by atoms with Gasteiger partial charge in [-0.2, -0.15) is 0 Å². The summed E-state index contributed by atoms with van der Waals surface area (Å²) >= 11 is 0. The van der Waals surface area contributed by atoms with Crippen LogP contribution in [-0.4, -0.2) is 12.5 Å².